The minimum absolute atomic E-state index is 0.0215. The molecular weight excluding hydrogens is 240 g/mol. The number of hydrogen-bond donors (Lipinski definition) is 1. The summed E-state index contributed by atoms with van der Waals surface area (Å²) < 4.78 is 10.7. The van der Waals surface area contributed by atoms with Gasteiger partial charge in [0, 0.05) is 18.4 Å². The molecule has 0 atom stereocenters. The third kappa shape index (κ3) is 3.39. The zero-order valence-electron chi connectivity index (χ0n) is 11.5. The molecule has 1 aromatic carbocycles. The first-order chi connectivity index (χ1) is 9.13. The van der Waals surface area contributed by atoms with Gasteiger partial charge in [-0.25, -0.2) is 0 Å². The van der Waals surface area contributed by atoms with Crippen molar-refractivity contribution in [1.29, 1.82) is 5.26 Å². The third-order valence-electron chi connectivity index (χ3n) is 3.36. The van der Waals surface area contributed by atoms with Crippen LogP contribution in [0.3, 0.4) is 0 Å². The molecule has 0 bridgehead atoms. The van der Waals surface area contributed by atoms with Crippen LogP contribution in [-0.2, 0) is 5.41 Å². The van der Waals surface area contributed by atoms with Gasteiger partial charge in [-0.2, -0.15) is 5.26 Å². The van der Waals surface area contributed by atoms with E-state index in [2.05, 4.69) is 37.4 Å². The lowest BCUT2D eigenvalue weighted by molar-refractivity contribution is 0.174. The van der Waals surface area contributed by atoms with Crippen molar-refractivity contribution in [2.45, 2.75) is 32.1 Å². The molecule has 19 heavy (non-hydrogen) atoms. The molecule has 0 aliphatic carbocycles. The van der Waals surface area contributed by atoms with Gasteiger partial charge >= 0.3 is 0 Å². The molecule has 4 nitrogen and oxygen atoms in total. The van der Waals surface area contributed by atoms with Crippen LogP contribution >= 0.6 is 0 Å². The lowest BCUT2D eigenvalue weighted by Crippen LogP contribution is -2.33. The molecule has 1 aromatic rings. The second-order valence-corrected chi connectivity index (χ2v) is 5.39. The van der Waals surface area contributed by atoms with Gasteiger partial charge in [0.05, 0.1) is 6.07 Å². The van der Waals surface area contributed by atoms with Crippen LogP contribution in [0.2, 0.25) is 0 Å². The smallest absolute Gasteiger partial charge is 0.231 e. The maximum Gasteiger partial charge on any atom is 0.231 e. The van der Waals surface area contributed by atoms with Crippen molar-refractivity contribution in [1.82, 2.24) is 5.32 Å². The van der Waals surface area contributed by atoms with Gasteiger partial charge in [0.1, 0.15) is 0 Å². The summed E-state index contributed by atoms with van der Waals surface area (Å²) >= 11 is 0. The molecule has 0 amide bonds. The third-order valence-corrected chi connectivity index (χ3v) is 3.36. The monoisotopic (exact) mass is 260 g/mol. The first kappa shape index (κ1) is 13.7. The predicted molar refractivity (Wildman–Crippen MR) is 73.3 cm³/mol. The summed E-state index contributed by atoms with van der Waals surface area (Å²) in [4.78, 5) is 0. The number of nitrogens with one attached hydrogen (secondary N) is 1. The Labute approximate surface area is 114 Å². The van der Waals surface area contributed by atoms with Crippen LogP contribution < -0.4 is 14.8 Å². The Kier molecular flexibility index (Phi) is 4.28. The number of unbranched alkanes of at least 4 members (excludes halogenated alkanes) is 1. The van der Waals surface area contributed by atoms with Gasteiger partial charge in [-0.3, -0.25) is 0 Å². The minimum atomic E-state index is 0.0215. The number of fused-ring (bicyclic) bond motifs is 1. The van der Waals surface area contributed by atoms with E-state index >= 15 is 0 Å². The standard InChI is InChI=1S/C15H20N2O2/c1-15(2,10-17-8-4-3-7-16)12-5-6-13-14(9-12)19-11-18-13/h5-6,9,17H,3-4,8,10-11H2,1-2H3. The number of ether oxygens (including phenoxy) is 2. The van der Waals surface area contributed by atoms with Crippen LogP contribution in [0, 0.1) is 11.3 Å². The van der Waals surface area contributed by atoms with Gasteiger partial charge < -0.3 is 14.8 Å². The summed E-state index contributed by atoms with van der Waals surface area (Å²) in [5.74, 6) is 1.65. The van der Waals surface area contributed by atoms with Gasteiger partial charge in [-0.15, -0.1) is 0 Å². The highest BCUT2D eigenvalue weighted by molar-refractivity contribution is 5.46. The molecule has 0 saturated heterocycles. The SMILES string of the molecule is CC(C)(CNCCCC#N)c1ccc2c(c1)OCO2. The van der Waals surface area contributed by atoms with Gasteiger partial charge in [0.25, 0.3) is 0 Å². The van der Waals surface area contributed by atoms with Crippen LogP contribution in [0.1, 0.15) is 32.3 Å². The van der Waals surface area contributed by atoms with E-state index < -0.39 is 0 Å². The first-order valence-electron chi connectivity index (χ1n) is 6.61. The van der Waals surface area contributed by atoms with Crippen molar-refractivity contribution in [2.24, 2.45) is 0 Å². The van der Waals surface area contributed by atoms with Crippen molar-refractivity contribution in [2.75, 3.05) is 19.9 Å². The van der Waals surface area contributed by atoms with Crippen LogP contribution in [0.15, 0.2) is 18.2 Å². The van der Waals surface area contributed by atoms with E-state index in [1.54, 1.807) is 0 Å². The van der Waals surface area contributed by atoms with Crippen LogP contribution in [-0.4, -0.2) is 19.9 Å². The van der Waals surface area contributed by atoms with E-state index in [1.807, 2.05) is 6.07 Å². The van der Waals surface area contributed by atoms with E-state index in [0.717, 1.165) is 31.0 Å². The van der Waals surface area contributed by atoms with Gasteiger partial charge in [-0.1, -0.05) is 19.9 Å². The Balaban J connectivity index is 1.93. The lowest BCUT2D eigenvalue weighted by atomic mass is 9.84. The number of rotatable bonds is 6. The van der Waals surface area contributed by atoms with Crippen LogP contribution in [0.5, 0.6) is 11.5 Å². The molecular formula is C15H20N2O2. The lowest BCUT2D eigenvalue weighted by Gasteiger charge is -2.26. The number of hydrogen-bond acceptors (Lipinski definition) is 4. The fraction of sp³-hybridized carbons (Fsp3) is 0.533. The van der Waals surface area contributed by atoms with Crippen molar-refractivity contribution < 1.29 is 9.47 Å². The van der Waals surface area contributed by atoms with Crippen LogP contribution in [0.25, 0.3) is 0 Å². The fourth-order valence-electron chi connectivity index (χ4n) is 2.11. The summed E-state index contributed by atoms with van der Waals surface area (Å²) in [5.41, 5.74) is 1.25. The summed E-state index contributed by atoms with van der Waals surface area (Å²) in [6, 6.07) is 8.26. The molecule has 1 heterocycles. The van der Waals surface area contributed by atoms with Crippen molar-refractivity contribution >= 4 is 0 Å². The summed E-state index contributed by atoms with van der Waals surface area (Å²) in [6.07, 6.45) is 1.51. The highest BCUT2D eigenvalue weighted by atomic mass is 16.7. The van der Waals surface area contributed by atoms with E-state index in [-0.39, 0.29) is 5.41 Å². The highest BCUT2D eigenvalue weighted by Crippen LogP contribution is 2.36. The van der Waals surface area contributed by atoms with Crippen molar-refractivity contribution in [3.63, 3.8) is 0 Å². The Morgan fingerprint density at radius 2 is 2.11 bits per heavy atom. The molecule has 0 spiro atoms. The zero-order chi connectivity index (χ0) is 13.7. The Morgan fingerprint density at radius 1 is 1.32 bits per heavy atom. The Morgan fingerprint density at radius 3 is 2.89 bits per heavy atom. The molecule has 102 valence electrons. The Hall–Kier alpha value is -1.73. The molecule has 0 unspecified atom stereocenters. The largest absolute Gasteiger partial charge is 0.454 e. The Bertz CT molecular complexity index is 478. The second kappa shape index (κ2) is 5.94. The van der Waals surface area contributed by atoms with E-state index in [9.17, 15) is 0 Å². The molecule has 0 saturated carbocycles. The van der Waals surface area contributed by atoms with Gasteiger partial charge in [-0.05, 0) is 30.7 Å². The topological polar surface area (TPSA) is 54.3 Å². The average Bonchev–Trinajstić information content (AvgIpc) is 2.85. The van der Waals surface area contributed by atoms with Gasteiger partial charge in [0.2, 0.25) is 6.79 Å². The number of nitriles is 1. The predicted octanol–water partition coefficient (Wildman–Crippen LogP) is 2.59. The molecule has 2 rings (SSSR count). The van der Waals surface area contributed by atoms with Crippen LogP contribution in [0.4, 0.5) is 0 Å². The molecule has 4 heteroatoms. The van der Waals surface area contributed by atoms with Crippen molar-refractivity contribution in [3.8, 4) is 17.6 Å². The molecule has 1 N–H and O–H groups in total. The minimum Gasteiger partial charge on any atom is -0.454 e. The van der Waals surface area contributed by atoms with E-state index in [1.165, 1.54) is 5.56 Å². The summed E-state index contributed by atoms with van der Waals surface area (Å²) in [6.45, 7) is 6.45. The maximum atomic E-state index is 8.49. The molecule has 0 fully saturated rings. The second-order valence-electron chi connectivity index (χ2n) is 5.39. The van der Waals surface area contributed by atoms with Crippen molar-refractivity contribution in [3.05, 3.63) is 23.8 Å². The fourth-order valence-corrected chi connectivity index (χ4v) is 2.11. The molecule has 0 radical (unpaired) electrons. The first-order valence-corrected chi connectivity index (χ1v) is 6.61. The maximum absolute atomic E-state index is 8.49. The van der Waals surface area contributed by atoms with E-state index in [0.29, 0.717) is 13.2 Å². The van der Waals surface area contributed by atoms with E-state index in [4.69, 9.17) is 14.7 Å². The average molecular weight is 260 g/mol. The number of nitrogens with zero attached hydrogens (tertiary/aromatic N) is 1. The normalized spacial score (nSPS) is 13.3. The summed E-state index contributed by atoms with van der Waals surface area (Å²) in [5, 5.41) is 11.9. The zero-order valence-corrected chi connectivity index (χ0v) is 11.5. The molecule has 0 aromatic heterocycles. The van der Waals surface area contributed by atoms with Gasteiger partial charge in [0.15, 0.2) is 11.5 Å². The molecule has 1 aliphatic heterocycles. The highest BCUT2D eigenvalue weighted by Gasteiger charge is 2.23. The quantitative estimate of drug-likeness (QED) is 0.799. The number of benzene rings is 1. The molecule has 1 aliphatic rings. The summed E-state index contributed by atoms with van der Waals surface area (Å²) in [7, 11) is 0.